The molecule has 2 aliphatic heterocycles. The second kappa shape index (κ2) is 4.97. The number of ether oxygens (including phenoxy) is 2. The van der Waals surface area contributed by atoms with Crippen LogP contribution in [0.15, 0.2) is 0 Å². The van der Waals surface area contributed by atoms with Crippen molar-refractivity contribution in [3.05, 3.63) is 0 Å². The Morgan fingerprint density at radius 1 is 1.44 bits per heavy atom. The fraction of sp³-hybridized carbons (Fsp3) is 0.909. The zero-order valence-corrected chi connectivity index (χ0v) is 14.6. The number of rotatable bonds is 5. The predicted molar refractivity (Wildman–Crippen MR) is 84.4 cm³/mol. The summed E-state index contributed by atoms with van der Waals surface area (Å²) in [6, 6.07) is 0. The summed E-state index contributed by atoms with van der Waals surface area (Å²) in [7, 11) is 0. The molecule has 3 fully saturated rings. The van der Waals surface area contributed by atoms with Crippen molar-refractivity contribution in [2.75, 3.05) is 6.79 Å². The molecular formula is C11H18I2N2O3. The number of carbonyl (C=O) groups is 1. The summed E-state index contributed by atoms with van der Waals surface area (Å²) >= 11 is 1.08. The Labute approximate surface area is 128 Å². The third kappa shape index (κ3) is 2.40. The molecule has 0 aromatic carbocycles. The molecule has 0 amide bonds. The third-order valence-electron chi connectivity index (χ3n) is 3.74. The van der Waals surface area contributed by atoms with Crippen LogP contribution in [0.3, 0.4) is 0 Å². The second-order valence-electron chi connectivity index (χ2n) is 5.11. The van der Waals surface area contributed by atoms with Gasteiger partial charge in [0.15, 0.2) is 0 Å². The quantitative estimate of drug-likeness (QED) is 0.120. The molecule has 0 spiro atoms. The molecule has 7 heteroatoms. The van der Waals surface area contributed by atoms with Gasteiger partial charge in [-0.3, -0.25) is 0 Å². The first-order chi connectivity index (χ1) is 8.56. The normalized spacial score (nSPS) is 30.2. The fourth-order valence-electron chi connectivity index (χ4n) is 2.27. The molecule has 0 aromatic heterocycles. The van der Waals surface area contributed by atoms with Crippen molar-refractivity contribution >= 4 is 48.9 Å². The van der Waals surface area contributed by atoms with E-state index in [1.165, 1.54) is 19.3 Å². The zero-order valence-electron chi connectivity index (χ0n) is 10.3. The standard InChI is InChI=1S/C11H18I2N2O3/c1-10(12,11-13(14-11)15-11)9(16)18-7-17-8-5-3-2-4-6-8/h8,14-15H,2-7H2,1H3. The van der Waals surface area contributed by atoms with Gasteiger partial charge in [-0.15, -0.1) is 0 Å². The molecule has 0 aromatic rings. The molecule has 1 unspecified atom stereocenters. The van der Waals surface area contributed by atoms with E-state index in [1.807, 2.05) is 6.92 Å². The maximum atomic E-state index is 12.1. The summed E-state index contributed by atoms with van der Waals surface area (Å²) in [6.45, 7) is 2.04. The zero-order chi connectivity index (χ0) is 12.8. The Kier molecular flexibility index (Phi) is 3.81. The molecule has 1 atom stereocenters. The van der Waals surface area contributed by atoms with Crippen LogP contribution < -0.4 is 7.06 Å². The number of fused-ring (bicyclic) bond motifs is 1. The molecule has 18 heavy (non-hydrogen) atoms. The van der Waals surface area contributed by atoms with Crippen molar-refractivity contribution in [3.8, 4) is 0 Å². The SMILES string of the molecule is CC(I)(C(=O)OCOC1CCCCC1)C12NI1N2. The van der Waals surface area contributed by atoms with E-state index in [9.17, 15) is 4.79 Å². The molecule has 1 saturated carbocycles. The molecule has 0 bridgehead atoms. The van der Waals surface area contributed by atoms with E-state index in [2.05, 4.69) is 29.7 Å². The van der Waals surface area contributed by atoms with E-state index in [4.69, 9.17) is 9.47 Å². The number of carbonyl (C=O) groups excluding carboxylic acids is 1. The van der Waals surface area contributed by atoms with Crippen molar-refractivity contribution in [1.29, 1.82) is 0 Å². The molecule has 104 valence electrons. The summed E-state index contributed by atoms with van der Waals surface area (Å²) in [5.74, 6) is -0.170. The monoisotopic (exact) mass is 480 g/mol. The Hall–Kier alpha value is 0.810. The van der Waals surface area contributed by atoms with Gasteiger partial charge in [0.1, 0.15) is 0 Å². The van der Waals surface area contributed by atoms with Gasteiger partial charge < -0.3 is 0 Å². The minimum absolute atomic E-state index is 0.0561. The summed E-state index contributed by atoms with van der Waals surface area (Å²) in [5.41, 5.74) is 0. The Morgan fingerprint density at radius 2 is 2.06 bits per heavy atom. The van der Waals surface area contributed by atoms with Gasteiger partial charge in [-0.25, -0.2) is 0 Å². The molecule has 3 rings (SSSR count). The number of alkyl halides is 2. The van der Waals surface area contributed by atoms with Gasteiger partial charge in [0, 0.05) is 0 Å². The van der Waals surface area contributed by atoms with E-state index in [1.54, 1.807) is 0 Å². The van der Waals surface area contributed by atoms with Gasteiger partial charge in [0.25, 0.3) is 0 Å². The number of hydrogen-bond donors (Lipinski definition) is 2. The summed E-state index contributed by atoms with van der Waals surface area (Å²) in [5, 5.41) is 0. The van der Waals surface area contributed by atoms with Crippen molar-refractivity contribution in [3.63, 3.8) is 0 Å². The van der Waals surface area contributed by atoms with Crippen molar-refractivity contribution < 1.29 is 14.3 Å². The summed E-state index contributed by atoms with van der Waals surface area (Å²) < 4.78 is 17.1. The number of halogens is 2. The Bertz CT molecular complexity index is 352. The van der Waals surface area contributed by atoms with Crippen LogP contribution in [0.2, 0.25) is 0 Å². The van der Waals surface area contributed by atoms with Gasteiger partial charge in [0.2, 0.25) is 0 Å². The van der Waals surface area contributed by atoms with Gasteiger partial charge in [0.05, 0.1) is 0 Å². The first-order valence-electron chi connectivity index (χ1n) is 6.29. The van der Waals surface area contributed by atoms with Crippen molar-refractivity contribution in [2.24, 2.45) is 0 Å². The first kappa shape index (κ1) is 13.8. The first-order valence-corrected chi connectivity index (χ1v) is 10.6. The molecule has 3 aliphatic rings. The molecule has 1 aliphatic carbocycles. The van der Waals surface area contributed by atoms with Crippen LogP contribution in [0.1, 0.15) is 39.0 Å². The van der Waals surface area contributed by atoms with Crippen LogP contribution >= 0.6 is 43.0 Å². The second-order valence-corrected chi connectivity index (χ2v) is 11.6. The fourth-order valence-corrected chi connectivity index (χ4v) is 10.1. The Balaban J connectivity index is 1.41. The molecule has 2 N–H and O–H groups in total. The van der Waals surface area contributed by atoms with Crippen LogP contribution in [0.4, 0.5) is 0 Å². The molecule has 0 radical (unpaired) electrons. The number of esters is 1. The van der Waals surface area contributed by atoms with E-state index in [0.29, 0.717) is 0 Å². The van der Waals surface area contributed by atoms with Crippen LogP contribution in [-0.2, 0) is 14.3 Å². The van der Waals surface area contributed by atoms with E-state index >= 15 is 0 Å². The van der Waals surface area contributed by atoms with Crippen molar-refractivity contribution in [1.82, 2.24) is 7.06 Å². The van der Waals surface area contributed by atoms with Crippen molar-refractivity contribution in [2.45, 2.75) is 52.2 Å². The van der Waals surface area contributed by atoms with Gasteiger partial charge >= 0.3 is 129 Å². The van der Waals surface area contributed by atoms with Gasteiger partial charge in [-0.05, 0) is 0 Å². The van der Waals surface area contributed by atoms with E-state index in [-0.39, 0.29) is 22.5 Å². The Morgan fingerprint density at radius 3 is 2.61 bits per heavy atom. The van der Waals surface area contributed by atoms with Gasteiger partial charge in [-0.2, -0.15) is 0 Å². The maximum absolute atomic E-state index is 12.1. The van der Waals surface area contributed by atoms with Crippen LogP contribution in [0, 0.1) is 0 Å². The number of hydrogen-bond acceptors (Lipinski definition) is 5. The molecule has 2 heterocycles. The van der Waals surface area contributed by atoms with E-state index in [0.717, 1.165) is 12.8 Å². The molecule has 5 nitrogen and oxygen atoms in total. The van der Waals surface area contributed by atoms with Crippen LogP contribution in [-0.4, -0.2) is 26.0 Å². The third-order valence-corrected chi connectivity index (χ3v) is 10.9. The summed E-state index contributed by atoms with van der Waals surface area (Å²) in [6.07, 6.45) is 6.25. The predicted octanol–water partition coefficient (Wildman–Crippen LogP) is 2.23. The average molecular weight is 480 g/mol. The topological polar surface area (TPSA) is 79.4 Å². The molecule has 2 saturated heterocycles. The van der Waals surface area contributed by atoms with Crippen LogP contribution in [0.5, 0.6) is 0 Å². The number of nitrogens with one attached hydrogen (secondary N) is 2. The molecular weight excluding hydrogens is 462 g/mol. The minimum atomic E-state index is -1.11. The van der Waals surface area contributed by atoms with E-state index < -0.39 is 23.8 Å². The summed E-state index contributed by atoms with van der Waals surface area (Å²) in [4.78, 5) is 12.1. The van der Waals surface area contributed by atoms with Gasteiger partial charge in [-0.1, -0.05) is 0 Å². The average Bonchev–Trinajstić information content (AvgIpc) is 3.18. The van der Waals surface area contributed by atoms with Crippen LogP contribution in [0.25, 0.3) is 0 Å².